The molecule has 0 radical (unpaired) electrons. The van der Waals surface area contributed by atoms with Crippen LogP contribution in [0.2, 0.25) is 0 Å². The fraction of sp³-hybridized carbons (Fsp3) is 0.286. The van der Waals surface area contributed by atoms with E-state index < -0.39 is 0 Å². The summed E-state index contributed by atoms with van der Waals surface area (Å²) in [5, 5.41) is 5.55. The van der Waals surface area contributed by atoms with Crippen molar-refractivity contribution >= 4 is 22.9 Å². The molecule has 0 bridgehead atoms. The largest absolute Gasteiger partial charge is 0.493 e. The van der Waals surface area contributed by atoms with Crippen LogP contribution in [0, 0.1) is 0 Å². The van der Waals surface area contributed by atoms with Crippen molar-refractivity contribution in [1.82, 2.24) is 9.97 Å². The molecule has 1 amide bonds. The van der Waals surface area contributed by atoms with E-state index in [0.29, 0.717) is 37.1 Å². The summed E-state index contributed by atoms with van der Waals surface area (Å²) in [6.45, 7) is 3.32. The monoisotopic (exact) mass is 413 g/mol. The van der Waals surface area contributed by atoms with Gasteiger partial charge in [-0.1, -0.05) is 12.1 Å². The molecule has 3 aromatic rings. The number of hydrogen-bond acceptors (Lipinski definition) is 7. The molecule has 1 N–H and O–H groups in total. The van der Waals surface area contributed by atoms with E-state index in [4.69, 9.17) is 14.2 Å². The fourth-order valence-electron chi connectivity index (χ4n) is 2.62. The zero-order chi connectivity index (χ0) is 20.5. The maximum Gasteiger partial charge on any atom is 0.237 e. The Hall–Kier alpha value is -2.97. The van der Waals surface area contributed by atoms with Gasteiger partial charge in [-0.25, -0.2) is 9.97 Å². The minimum atomic E-state index is -0.190. The van der Waals surface area contributed by atoms with Crippen molar-refractivity contribution in [3.05, 3.63) is 53.7 Å². The van der Waals surface area contributed by atoms with Crippen molar-refractivity contribution in [2.24, 2.45) is 0 Å². The predicted octanol–water partition coefficient (Wildman–Crippen LogP) is 3.81. The average molecular weight is 413 g/mol. The highest BCUT2D eigenvalue weighted by Crippen LogP contribution is 2.32. The van der Waals surface area contributed by atoms with Crippen molar-refractivity contribution in [2.75, 3.05) is 32.2 Å². The Labute approximate surface area is 173 Å². The lowest BCUT2D eigenvalue weighted by atomic mass is 10.2. The first-order valence-corrected chi connectivity index (χ1v) is 10.1. The average Bonchev–Trinajstić information content (AvgIpc) is 3.18. The Bertz CT molecular complexity index is 945. The first kappa shape index (κ1) is 20.8. The molecule has 152 valence electrons. The van der Waals surface area contributed by atoms with Gasteiger partial charge in [-0.2, -0.15) is 0 Å². The van der Waals surface area contributed by atoms with Crippen molar-refractivity contribution in [1.29, 1.82) is 0 Å². The summed E-state index contributed by atoms with van der Waals surface area (Å²) >= 11 is 1.49. The number of carbonyl (C=O) groups is 1. The van der Waals surface area contributed by atoms with Crippen LogP contribution in [0.15, 0.2) is 48.0 Å². The zero-order valence-electron chi connectivity index (χ0n) is 16.4. The van der Waals surface area contributed by atoms with Crippen molar-refractivity contribution in [2.45, 2.75) is 13.3 Å². The van der Waals surface area contributed by atoms with Gasteiger partial charge in [0.25, 0.3) is 0 Å². The number of nitrogens with zero attached hydrogens (tertiary/aromatic N) is 2. The van der Waals surface area contributed by atoms with Crippen molar-refractivity contribution in [3.8, 4) is 22.2 Å². The number of thiazole rings is 1. The summed E-state index contributed by atoms with van der Waals surface area (Å²) in [4.78, 5) is 21.3. The van der Waals surface area contributed by atoms with E-state index in [1.165, 1.54) is 11.3 Å². The maximum absolute atomic E-state index is 12.5. The van der Waals surface area contributed by atoms with Gasteiger partial charge < -0.3 is 19.5 Å². The lowest BCUT2D eigenvalue weighted by molar-refractivity contribution is -0.115. The summed E-state index contributed by atoms with van der Waals surface area (Å²) in [6.07, 6.45) is 1.76. The quantitative estimate of drug-likeness (QED) is 0.509. The van der Waals surface area contributed by atoms with Gasteiger partial charge in [0.15, 0.2) is 0 Å². The number of carbonyl (C=O) groups excluding carboxylic acids is 1. The van der Waals surface area contributed by atoms with Crippen LogP contribution in [0.25, 0.3) is 10.6 Å². The molecule has 2 aromatic heterocycles. The number of pyridine rings is 1. The number of amides is 1. The van der Waals surface area contributed by atoms with Gasteiger partial charge in [0, 0.05) is 18.7 Å². The number of rotatable bonds is 10. The van der Waals surface area contributed by atoms with Crippen LogP contribution in [0.4, 0.5) is 5.69 Å². The Kier molecular flexibility index (Phi) is 7.54. The Morgan fingerprint density at radius 2 is 2.00 bits per heavy atom. The van der Waals surface area contributed by atoms with E-state index in [1.807, 2.05) is 36.6 Å². The minimum Gasteiger partial charge on any atom is -0.493 e. The number of ether oxygens (including phenoxy) is 3. The predicted molar refractivity (Wildman–Crippen MR) is 113 cm³/mol. The number of nitrogens with one attached hydrogen (secondary N) is 1. The van der Waals surface area contributed by atoms with Crippen molar-refractivity contribution < 1.29 is 19.0 Å². The summed E-state index contributed by atoms with van der Waals surface area (Å²) in [6, 6.07) is 11.2. The van der Waals surface area contributed by atoms with Gasteiger partial charge in [-0.15, -0.1) is 11.3 Å². The molecular weight excluding hydrogens is 390 g/mol. The molecule has 2 heterocycles. The van der Waals surface area contributed by atoms with Crippen LogP contribution in [-0.4, -0.2) is 42.8 Å². The molecule has 0 atom stereocenters. The topological polar surface area (TPSA) is 82.6 Å². The highest BCUT2D eigenvalue weighted by Gasteiger charge is 2.14. The summed E-state index contributed by atoms with van der Waals surface area (Å²) in [5.74, 6) is 0.959. The second kappa shape index (κ2) is 10.5. The number of hydrogen-bond donors (Lipinski definition) is 1. The summed E-state index contributed by atoms with van der Waals surface area (Å²) in [7, 11) is 1.60. The molecule has 0 aliphatic rings. The number of para-hydroxylation sites is 1. The third kappa shape index (κ3) is 5.75. The van der Waals surface area contributed by atoms with Gasteiger partial charge in [0.1, 0.15) is 23.1 Å². The third-order valence-electron chi connectivity index (χ3n) is 3.88. The molecule has 0 fully saturated rings. The lowest BCUT2D eigenvalue weighted by Crippen LogP contribution is -2.16. The summed E-state index contributed by atoms with van der Waals surface area (Å²) < 4.78 is 16.2. The Morgan fingerprint density at radius 3 is 2.83 bits per heavy atom. The van der Waals surface area contributed by atoms with Gasteiger partial charge >= 0.3 is 0 Å². The number of benzene rings is 1. The van der Waals surface area contributed by atoms with E-state index in [-0.39, 0.29) is 12.3 Å². The maximum atomic E-state index is 12.5. The van der Waals surface area contributed by atoms with E-state index >= 15 is 0 Å². The normalized spacial score (nSPS) is 10.6. The molecule has 29 heavy (non-hydrogen) atoms. The zero-order valence-corrected chi connectivity index (χ0v) is 17.2. The molecule has 0 saturated heterocycles. The molecular formula is C21H23N3O4S. The van der Waals surface area contributed by atoms with Gasteiger partial charge in [-0.3, -0.25) is 4.79 Å². The number of methoxy groups -OCH3 is 1. The van der Waals surface area contributed by atoms with Crippen LogP contribution in [0.5, 0.6) is 11.6 Å². The molecule has 0 saturated carbocycles. The first-order chi connectivity index (χ1) is 14.2. The van der Waals surface area contributed by atoms with Gasteiger partial charge in [0.2, 0.25) is 11.8 Å². The Morgan fingerprint density at radius 1 is 1.14 bits per heavy atom. The molecule has 7 nitrogen and oxygen atoms in total. The van der Waals surface area contributed by atoms with Crippen LogP contribution in [0.3, 0.4) is 0 Å². The minimum absolute atomic E-state index is 0.152. The highest BCUT2D eigenvalue weighted by molar-refractivity contribution is 7.13. The second-order valence-electron chi connectivity index (χ2n) is 6.00. The van der Waals surface area contributed by atoms with Crippen LogP contribution in [0.1, 0.15) is 12.6 Å². The smallest absolute Gasteiger partial charge is 0.237 e. The summed E-state index contributed by atoms with van der Waals surface area (Å²) in [5.41, 5.74) is 2.14. The van der Waals surface area contributed by atoms with Crippen molar-refractivity contribution in [3.63, 3.8) is 0 Å². The standard InChI is InChI=1S/C21H23N3O4S/c1-3-27-18-9-5-4-7-16(18)21-23-15(14-29-21)13-19(25)24-17-8-6-10-22-20(17)28-12-11-26-2/h4-10,14H,3,11-13H2,1-2H3,(H,24,25). The van der Waals surface area contributed by atoms with Gasteiger partial charge in [0.05, 0.1) is 30.9 Å². The first-order valence-electron chi connectivity index (χ1n) is 9.24. The highest BCUT2D eigenvalue weighted by atomic mass is 32.1. The van der Waals surface area contributed by atoms with Crippen LogP contribution in [-0.2, 0) is 16.0 Å². The molecule has 3 rings (SSSR count). The fourth-order valence-corrected chi connectivity index (χ4v) is 3.47. The lowest BCUT2D eigenvalue weighted by Gasteiger charge is -2.10. The number of aromatic nitrogens is 2. The van der Waals surface area contributed by atoms with Crippen LogP contribution >= 0.6 is 11.3 Å². The molecule has 8 heteroatoms. The molecule has 1 aromatic carbocycles. The third-order valence-corrected chi connectivity index (χ3v) is 4.81. The van der Waals surface area contributed by atoms with Crippen LogP contribution < -0.4 is 14.8 Å². The van der Waals surface area contributed by atoms with Gasteiger partial charge in [-0.05, 0) is 31.2 Å². The molecule has 0 aliphatic carbocycles. The van der Waals surface area contributed by atoms with E-state index in [0.717, 1.165) is 16.3 Å². The molecule has 0 spiro atoms. The SMILES string of the molecule is CCOc1ccccc1-c1nc(CC(=O)Nc2cccnc2OCCOC)cs1. The van der Waals surface area contributed by atoms with E-state index in [1.54, 1.807) is 25.4 Å². The van der Waals surface area contributed by atoms with E-state index in [2.05, 4.69) is 15.3 Å². The molecule has 0 aliphatic heterocycles. The second-order valence-corrected chi connectivity index (χ2v) is 6.85. The molecule has 0 unspecified atom stereocenters. The van der Waals surface area contributed by atoms with E-state index in [9.17, 15) is 4.79 Å². The Balaban J connectivity index is 1.66. The number of anilines is 1.